The fourth-order valence-corrected chi connectivity index (χ4v) is 2.45. The van der Waals surface area contributed by atoms with E-state index in [0.717, 1.165) is 23.4 Å². The largest absolute Gasteiger partial charge is 0.395 e. The second kappa shape index (κ2) is 4.09. The Hall–Kier alpha value is -1.89. The first-order valence-corrected chi connectivity index (χ1v) is 6.54. The average molecular weight is 263 g/mol. The van der Waals surface area contributed by atoms with E-state index in [9.17, 15) is 4.79 Å². The van der Waals surface area contributed by atoms with Crippen molar-refractivity contribution in [1.29, 1.82) is 0 Å². The van der Waals surface area contributed by atoms with E-state index in [1.54, 1.807) is 6.20 Å². The summed E-state index contributed by atoms with van der Waals surface area (Å²) in [6.07, 6.45) is 3.93. The Kier molecular flexibility index (Phi) is 2.55. The lowest BCUT2D eigenvalue weighted by atomic mass is 10.2. The summed E-state index contributed by atoms with van der Waals surface area (Å²) in [6.45, 7) is 1.93. The highest BCUT2D eigenvalue weighted by Crippen LogP contribution is 2.42. The standard InChI is InChI=1S/C11H13N5OS/c1-5-4-13-11(18-5)14-10(17)9-7(12)8(15-16-9)6-2-3-6/h4,6H,2-3,12H2,1H3,(H,15,16)(H,13,14,17). The van der Waals surface area contributed by atoms with Gasteiger partial charge in [0.05, 0.1) is 11.4 Å². The normalized spacial score (nSPS) is 14.7. The average Bonchev–Trinajstić information content (AvgIpc) is 2.98. The van der Waals surface area contributed by atoms with Gasteiger partial charge in [0.25, 0.3) is 5.91 Å². The number of nitrogens with two attached hydrogens (primary N) is 1. The van der Waals surface area contributed by atoms with Gasteiger partial charge in [0.1, 0.15) is 0 Å². The second-order valence-corrected chi connectivity index (χ2v) is 5.64. The van der Waals surface area contributed by atoms with E-state index in [0.29, 0.717) is 16.7 Å². The predicted molar refractivity (Wildman–Crippen MR) is 69.8 cm³/mol. The summed E-state index contributed by atoms with van der Waals surface area (Å²) in [6, 6.07) is 0. The van der Waals surface area contributed by atoms with Gasteiger partial charge in [0, 0.05) is 17.0 Å². The van der Waals surface area contributed by atoms with E-state index < -0.39 is 0 Å². The van der Waals surface area contributed by atoms with E-state index in [2.05, 4.69) is 20.5 Å². The monoisotopic (exact) mass is 263 g/mol. The quantitative estimate of drug-likeness (QED) is 0.787. The Labute approximate surface area is 108 Å². The third-order valence-electron chi connectivity index (χ3n) is 2.88. The maximum atomic E-state index is 12.0. The molecule has 1 amide bonds. The Balaban J connectivity index is 1.79. The number of rotatable bonds is 3. The number of aryl methyl sites for hydroxylation is 1. The van der Waals surface area contributed by atoms with Gasteiger partial charge in [0.2, 0.25) is 0 Å². The zero-order chi connectivity index (χ0) is 12.7. The predicted octanol–water partition coefficient (Wildman–Crippen LogP) is 1.89. The number of H-pyrrole nitrogens is 1. The van der Waals surface area contributed by atoms with Crippen LogP contribution in [0.4, 0.5) is 10.8 Å². The molecule has 18 heavy (non-hydrogen) atoms. The molecule has 2 aromatic rings. The number of hydrogen-bond donors (Lipinski definition) is 3. The van der Waals surface area contributed by atoms with Gasteiger partial charge in [-0.25, -0.2) is 4.98 Å². The smallest absolute Gasteiger partial charge is 0.280 e. The van der Waals surface area contributed by atoms with Crippen LogP contribution < -0.4 is 11.1 Å². The molecule has 1 aliphatic carbocycles. The van der Waals surface area contributed by atoms with Crippen molar-refractivity contribution in [3.05, 3.63) is 22.5 Å². The number of nitrogens with zero attached hydrogens (tertiary/aromatic N) is 2. The van der Waals surface area contributed by atoms with Crippen molar-refractivity contribution in [2.24, 2.45) is 0 Å². The van der Waals surface area contributed by atoms with Crippen LogP contribution in [-0.4, -0.2) is 21.1 Å². The maximum absolute atomic E-state index is 12.0. The van der Waals surface area contributed by atoms with Gasteiger partial charge >= 0.3 is 0 Å². The first kappa shape index (κ1) is 11.2. The van der Waals surface area contributed by atoms with E-state index >= 15 is 0 Å². The van der Waals surface area contributed by atoms with Crippen molar-refractivity contribution in [2.45, 2.75) is 25.7 Å². The molecule has 4 N–H and O–H groups in total. The zero-order valence-electron chi connectivity index (χ0n) is 9.86. The molecule has 94 valence electrons. The topological polar surface area (TPSA) is 96.7 Å². The molecular formula is C11H13N5OS. The molecule has 0 atom stereocenters. The highest BCUT2D eigenvalue weighted by Gasteiger charge is 2.30. The van der Waals surface area contributed by atoms with Gasteiger partial charge in [-0.3, -0.25) is 15.2 Å². The lowest BCUT2D eigenvalue weighted by molar-refractivity contribution is 0.102. The molecule has 1 saturated carbocycles. The number of nitrogen functional groups attached to an aromatic ring is 1. The molecule has 1 aliphatic rings. The Morgan fingerprint density at radius 1 is 1.61 bits per heavy atom. The lowest BCUT2D eigenvalue weighted by Crippen LogP contribution is -2.14. The van der Waals surface area contributed by atoms with Crippen LogP contribution in [0.1, 0.15) is 39.8 Å². The summed E-state index contributed by atoms with van der Waals surface area (Å²) in [5.74, 6) is 0.131. The van der Waals surface area contributed by atoms with Crippen LogP contribution in [-0.2, 0) is 0 Å². The summed E-state index contributed by atoms with van der Waals surface area (Å²) in [5, 5.41) is 10.1. The van der Waals surface area contributed by atoms with Crippen LogP contribution in [0.5, 0.6) is 0 Å². The van der Waals surface area contributed by atoms with Crippen LogP contribution in [0, 0.1) is 6.92 Å². The third-order valence-corrected chi connectivity index (χ3v) is 3.70. The molecule has 0 bridgehead atoms. The maximum Gasteiger partial charge on any atom is 0.280 e. The van der Waals surface area contributed by atoms with Crippen LogP contribution in [0.15, 0.2) is 6.20 Å². The van der Waals surface area contributed by atoms with Crippen LogP contribution in [0.3, 0.4) is 0 Å². The SMILES string of the molecule is Cc1cnc(NC(=O)c2n[nH]c(C3CC3)c2N)s1. The molecule has 0 radical (unpaired) electrons. The van der Waals surface area contributed by atoms with Gasteiger partial charge in [-0.05, 0) is 19.8 Å². The van der Waals surface area contributed by atoms with E-state index in [1.165, 1.54) is 11.3 Å². The van der Waals surface area contributed by atoms with Gasteiger partial charge in [0.15, 0.2) is 10.8 Å². The number of nitrogens with one attached hydrogen (secondary N) is 2. The first-order valence-electron chi connectivity index (χ1n) is 5.72. The van der Waals surface area contributed by atoms with Crippen molar-refractivity contribution < 1.29 is 4.79 Å². The van der Waals surface area contributed by atoms with Gasteiger partial charge in [-0.1, -0.05) is 0 Å². The fraction of sp³-hybridized carbons (Fsp3) is 0.364. The number of anilines is 2. The molecule has 0 saturated heterocycles. The molecule has 2 heterocycles. The summed E-state index contributed by atoms with van der Waals surface area (Å²) in [4.78, 5) is 17.1. The molecule has 2 aromatic heterocycles. The number of carbonyl (C=O) groups is 1. The molecule has 0 aliphatic heterocycles. The van der Waals surface area contributed by atoms with E-state index in [1.807, 2.05) is 6.92 Å². The molecule has 6 nitrogen and oxygen atoms in total. The second-order valence-electron chi connectivity index (χ2n) is 4.40. The fourth-order valence-electron chi connectivity index (χ4n) is 1.79. The summed E-state index contributed by atoms with van der Waals surface area (Å²) in [5.41, 5.74) is 7.53. The van der Waals surface area contributed by atoms with Crippen molar-refractivity contribution in [2.75, 3.05) is 11.1 Å². The summed E-state index contributed by atoms with van der Waals surface area (Å²) >= 11 is 1.42. The number of amides is 1. The highest BCUT2D eigenvalue weighted by molar-refractivity contribution is 7.15. The van der Waals surface area contributed by atoms with Crippen LogP contribution in [0.2, 0.25) is 0 Å². The van der Waals surface area contributed by atoms with Crippen molar-refractivity contribution in [1.82, 2.24) is 15.2 Å². The highest BCUT2D eigenvalue weighted by atomic mass is 32.1. The van der Waals surface area contributed by atoms with E-state index in [-0.39, 0.29) is 11.6 Å². The number of hydrogen-bond acceptors (Lipinski definition) is 5. The molecule has 3 rings (SSSR count). The minimum atomic E-state index is -0.315. The van der Waals surface area contributed by atoms with E-state index in [4.69, 9.17) is 5.73 Å². The van der Waals surface area contributed by atoms with Crippen LogP contribution in [0.25, 0.3) is 0 Å². The number of aromatic nitrogens is 3. The molecule has 7 heteroatoms. The lowest BCUT2D eigenvalue weighted by Gasteiger charge is -1.99. The van der Waals surface area contributed by atoms with Gasteiger partial charge in [-0.15, -0.1) is 11.3 Å². The molecular weight excluding hydrogens is 250 g/mol. The molecule has 0 spiro atoms. The van der Waals surface area contributed by atoms with Gasteiger partial charge in [-0.2, -0.15) is 5.10 Å². The molecule has 1 fully saturated rings. The minimum absolute atomic E-state index is 0.254. The van der Waals surface area contributed by atoms with Crippen molar-refractivity contribution in [3.8, 4) is 0 Å². The molecule has 0 unspecified atom stereocenters. The first-order chi connectivity index (χ1) is 8.65. The summed E-state index contributed by atoms with van der Waals surface area (Å²) in [7, 11) is 0. The van der Waals surface area contributed by atoms with Gasteiger partial charge < -0.3 is 5.73 Å². The number of carbonyl (C=O) groups excluding carboxylic acids is 1. The number of aromatic amines is 1. The third kappa shape index (κ3) is 1.97. The summed E-state index contributed by atoms with van der Waals surface area (Å²) < 4.78 is 0. The van der Waals surface area contributed by atoms with Crippen molar-refractivity contribution >= 4 is 28.1 Å². The van der Waals surface area contributed by atoms with Crippen molar-refractivity contribution in [3.63, 3.8) is 0 Å². The number of thiazole rings is 1. The zero-order valence-corrected chi connectivity index (χ0v) is 10.7. The molecule has 0 aromatic carbocycles. The minimum Gasteiger partial charge on any atom is -0.395 e. The Morgan fingerprint density at radius 2 is 2.39 bits per heavy atom. The Morgan fingerprint density at radius 3 is 3.00 bits per heavy atom. The van der Waals surface area contributed by atoms with Crippen LogP contribution >= 0.6 is 11.3 Å². The Bertz CT molecular complexity index is 598.